The van der Waals surface area contributed by atoms with Gasteiger partial charge in [0.05, 0.1) is 5.75 Å². The van der Waals surface area contributed by atoms with Crippen molar-refractivity contribution in [2.24, 2.45) is 0 Å². The Bertz CT molecular complexity index is 361. The summed E-state index contributed by atoms with van der Waals surface area (Å²) in [6.45, 7) is 6.62. The Kier molecular flexibility index (Phi) is 3.66. The minimum absolute atomic E-state index is 0.193. The first-order valence-electron chi connectivity index (χ1n) is 4.74. The van der Waals surface area contributed by atoms with Gasteiger partial charge < -0.3 is 0 Å². The highest BCUT2D eigenvalue weighted by molar-refractivity contribution is 7.80. The molecule has 1 aromatic rings. The average molecular weight is 204 g/mol. The smallest absolute Gasteiger partial charge is 0.0521 e. The second-order valence-corrected chi connectivity index (χ2v) is 4.61. The Morgan fingerprint density at radius 1 is 1.29 bits per heavy atom. The number of hydrogen-bond acceptors (Lipinski definition) is 1. The highest BCUT2D eigenvalue weighted by Crippen LogP contribution is 2.22. The van der Waals surface area contributed by atoms with Crippen molar-refractivity contribution in [2.45, 2.75) is 26.2 Å². The molecule has 1 aromatic carbocycles. The fourth-order valence-corrected chi connectivity index (χ4v) is 1.28. The van der Waals surface area contributed by atoms with Gasteiger partial charge in [-0.1, -0.05) is 44.7 Å². The highest BCUT2D eigenvalue weighted by atomic mass is 32.1. The highest BCUT2D eigenvalue weighted by Gasteiger charge is 2.12. The molecule has 1 rings (SSSR count). The van der Waals surface area contributed by atoms with E-state index in [9.17, 15) is 0 Å². The van der Waals surface area contributed by atoms with E-state index >= 15 is 0 Å². The first kappa shape index (κ1) is 11.2. The van der Waals surface area contributed by atoms with Crippen molar-refractivity contribution in [3.8, 4) is 11.8 Å². The van der Waals surface area contributed by atoms with Gasteiger partial charge in [0.25, 0.3) is 0 Å². The average Bonchev–Trinajstić information content (AvgIpc) is 2.14. The first-order valence-corrected chi connectivity index (χ1v) is 5.37. The van der Waals surface area contributed by atoms with Crippen LogP contribution in [-0.2, 0) is 5.41 Å². The van der Waals surface area contributed by atoms with Crippen LogP contribution < -0.4 is 0 Å². The molecule has 0 atom stereocenters. The van der Waals surface area contributed by atoms with Crippen LogP contribution in [0.15, 0.2) is 24.3 Å². The van der Waals surface area contributed by atoms with Crippen molar-refractivity contribution in [3.05, 3.63) is 35.4 Å². The lowest BCUT2D eigenvalue weighted by Gasteiger charge is -2.18. The standard InChI is InChI=1S/C13H16S/c1-13(2,3)12-8-4-6-11(10-12)7-5-9-14/h4,6,8,10,14H,9H2,1-3H3. The van der Waals surface area contributed by atoms with Crippen molar-refractivity contribution in [3.63, 3.8) is 0 Å². The van der Waals surface area contributed by atoms with Gasteiger partial charge in [-0.3, -0.25) is 0 Å². The second kappa shape index (κ2) is 4.57. The molecule has 0 aliphatic carbocycles. The lowest BCUT2D eigenvalue weighted by Crippen LogP contribution is -2.10. The SMILES string of the molecule is CC(C)(C)c1cccc(C#CCS)c1. The summed E-state index contributed by atoms with van der Waals surface area (Å²) >= 11 is 4.06. The predicted molar refractivity (Wildman–Crippen MR) is 65.9 cm³/mol. The third-order valence-corrected chi connectivity index (χ3v) is 2.20. The topological polar surface area (TPSA) is 0 Å². The maximum Gasteiger partial charge on any atom is 0.0521 e. The van der Waals surface area contributed by atoms with Gasteiger partial charge >= 0.3 is 0 Å². The minimum atomic E-state index is 0.193. The Morgan fingerprint density at radius 2 is 2.00 bits per heavy atom. The summed E-state index contributed by atoms with van der Waals surface area (Å²) in [7, 11) is 0. The predicted octanol–water partition coefficient (Wildman–Crippen LogP) is 3.27. The first-order chi connectivity index (χ1) is 6.54. The van der Waals surface area contributed by atoms with Crippen molar-refractivity contribution in [1.82, 2.24) is 0 Å². The monoisotopic (exact) mass is 204 g/mol. The molecule has 0 spiro atoms. The lowest BCUT2D eigenvalue weighted by molar-refractivity contribution is 0.590. The van der Waals surface area contributed by atoms with Gasteiger partial charge in [0.1, 0.15) is 0 Å². The van der Waals surface area contributed by atoms with E-state index in [1.54, 1.807) is 0 Å². The molecule has 0 aliphatic rings. The molecule has 0 aliphatic heterocycles. The second-order valence-electron chi connectivity index (χ2n) is 4.29. The van der Waals surface area contributed by atoms with Crippen LogP contribution in [0.4, 0.5) is 0 Å². The molecule has 0 amide bonds. The molecule has 0 saturated heterocycles. The molecular formula is C13H16S. The summed E-state index contributed by atoms with van der Waals surface area (Å²) in [6.07, 6.45) is 0. The van der Waals surface area contributed by atoms with Crippen LogP contribution in [0.3, 0.4) is 0 Å². The van der Waals surface area contributed by atoms with Crippen LogP contribution in [0.5, 0.6) is 0 Å². The zero-order valence-electron chi connectivity index (χ0n) is 8.96. The van der Waals surface area contributed by atoms with Gasteiger partial charge in [0.15, 0.2) is 0 Å². The van der Waals surface area contributed by atoms with Crippen molar-refractivity contribution in [2.75, 3.05) is 5.75 Å². The summed E-state index contributed by atoms with van der Waals surface area (Å²) < 4.78 is 0. The summed E-state index contributed by atoms with van der Waals surface area (Å²) in [5, 5.41) is 0. The molecule has 0 N–H and O–H groups in total. The van der Waals surface area contributed by atoms with Crippen LogP contribution >= 0.6 is 12.6 Å². The van der Waals surface area contributed by atoms with E-state index in [0.29, 0.717) is 5.75 Å². The van der Waals surface area contributed by atoms with Crippen molar-refractivity contribution in [1.29, 1.82) is 0 Å². The van der Waals surface area contributed by atoms with E-state index in [1.807, 2.05) is 6.07 Å². The van der Waals surface area contributed by atoms with E-state index in [4.69, 9.17) is 0 Å². The number of thiol groups is 1. The summed E-state index contributed by atoms with van der Waals surface area (Å²) in [4.78, 5) is 0. The van der Waals surface area contributed by atoms with E-state index in [1.165, 1.54) is 5.56 Å². The largest absolute Gasteiger partial charge is 0.166 e. The van der Waals surface area contributed by atoms with Crippen LogP contribution in [0.25, 0.3) is 0 Å². The Balaban J connectivity index is 3.02. The van der Waals surface area contributed by atoms with Gasteiger partial charge in [-0.05, 0) is 23.1 Å². The quantitative estimate of drug-likeness (QED) is 0.486. The lowest BCUT2D eigenvalue weighted by atomic mass is 9.86. The molecule has 0 heterocycles. The van der Waals surface area contributed by atoms with Gasteiger partial charge in [-0.2, -0.15) is 12.6 Å². The van der Waals surface area contributed by atoms with Gasteiger partial charge in [0, 0.05) is 5.56 Å². The molecule has 0 unspecified atom stereocenters. The van der Waals surface area contributed by atoms with E-state index < -0.39 is 0 Å². The minimum Gasteiger partial charge on any atom is -0.166 e. The van der Waals surface area contributed by atoms with E-state index in [2.05, 4.69) is 63.4 Å². The molecule has 0 bridgehead atoms. The third-order valence-electron chi connectivity index (χ3n) is 2.04. The van der Waals surface area contributed by atoms with Crippen molar-refractivity contribution < 1.29 is 0 Å². The zero-order valence-corrected chi connectivity index (χ0v) is 9.86. The molecule has 0 radical (unpaired) electrons. The van der Waals surface area contributed by atoms with Gasteiger partial charge in [0.2, 0.25) is 0 Å². The normalized spacial score (nSPS) is 10.6. The molecule has 0 aromatic heterocycles. The molecule has 0 nitrogen and oxygen atoms in total. The van der Waals surface area contributed by atoms with Gasteiger partial charge in [-0.25, -0.2) is 0 Å². The summed E-state index contributed by atoms with van der Waals surface area (Å²) in [6, 6.07) is 8.39. The van der Waals surface area contributed by atoms with Crippen molar-refractivity contribution >= 4 is 12.6 Å². The van der Waals surface area contributed by atoms with Gasteiger partial charge in [-0.15, -0.1) is 0 Å². The Morgan fingerprint density at radius 3 is 2.57 bits per heavy atom. The van der Waals surface area contributed by atoms with Crippen LogP contribution in [0.2, 0.25) is 0 Å². The van der Waals surface area contributed by atoms with Crippen LogP contribution in [0.1, 0.15) is 31.9 Å². The third kappa shape index (κ3) is 3.12. The fourth-order valence-electron chi connectivity index (χ4n) is 1.21. The Labute approximate surface area is 92.1 Å². The van der Waals surface area contributed by atoms with E-state index in [0.717, 1.165) is 5.56 Å². The van der Waals surface area contributed by atoms with Crippen LogP contribution in [-0.4, -0.2) is 5.75 Å². The number of benzene rings is 1. The van der Waals surface area contributed by atoms with Crippen LogP contribution in [0, 0.1) is 11.8 Å². The van der Waals surface area contributed by atoms with E-state index in [-0.39, 0.29) is 5.41 Å². The zero-order chi connectivity index (χ0) is 10.6. The number of hydrogen-bond donors (Lipinski definition) is 1. The molecule has 0 saturated carbocycles. The molecule has 74 valence electrons. The maximum atomic E-state index is 4.06. The maximum absolute atomic E-state index is 4.06. The fraction of sp³-hybridized carbons (Fsp3) is 0.385. The molecule has 14 heavy (non-hydrogen) atoms. The Hall–Kier alpha value is -0.870. The molecular weight excluding hydrogens is 188 g/mol. The molecule has 1 heteroatoms. The number of rotatable bonds is 0. The summed E-state index contributed by atoms with van der Waals surface area (Å²) in [5.74, 6) is 6.65. The molecule has 0 fully saturated rings. The summed E-state index contributed by atoms with van der Waals surface area (Å²) in [5.41, 5.74) is 2.59.